The van der Waals surface area contributed by atoms with Gasteiger partial charge < -0.3 is 4.90 Å². The van der Waals surface area contributed by atoms with Crippen molar-refractivity contribution in [1.29, 1.82) is 0 Å². The van der Waals surface area contributed by atoms with Crippen LogP contribution in [0.3, 0.4) is 0 Å². The standard InChI is InChI=1S/C30H22Cl3N3O2/c1-19(35(18-20-9-3-2-4-10-20)29(37)21-15-16-23(31)25(33)17-21)28-34-26-13-7-5-11-22(26)30(38)36(28)27-14-8-6-12-24(27)32/h2-17,19H,18H2,1H3. The van der Waals surface area contributed by atoms with Gasteiger partial charge in [0.15, 0.2) is 0 Å². The van der Waals surface area contributed by atoms with Gasteiger partial charge >= 0.3 is 0 Å². The van der Waals surface area contributed by atoms with Gasteiger partial charge in [0, 0.05) is 12.1 Å². The van der Waals surface area contributed by atoms with E-state index in [1.165, 1.54) is 4.57 Å². The number of carbonyl (C=O) groups is 1. The van der Waals surface area contributed by atoms with Gasteiger partial charge in [-0.2, -0.15) is 0 Å². The average Bonchev–Trinajstić information content (AvgIpc) is 2.93. The van der Waals surface area contributed by atoms with Gasteiger partial charge in [-0.05, 0) is 55.0 Å². The lowest BCUT2D eigenvalue weighted by Gasteiger charge is -2.31. The molecule has 4 aromatic carbocycles. The lowest BCUT2D eigenvalue weighted by molar-refractivity contribution is 0.0664. The largest absolute Gasteiger partial charge is 0.324 e. The Balaban J connectivity index is 1.72. The average molecular weight is 563 g/mol. The van der Waals surface area contributed by atoms with E-state index < -0.39 is 6.04 Å². The van der Waals surface area contributed by atoms with Crippen LogP contribution in [0, 0.1) is 0 Å². The quantitative estimate of drug-likeness (QED) is 0.213. The Hall–Kier alpha value is -3.64. The summed E-state index contributed by atoms with van der Waals surface area (Å²) in [5.74, 6) is 0.0965. The van der Waals surface area contributed by atoms with Crippen molar-refractivity contribution >= 4 is 51.6 Å². The number of halogens is 3. The van der Waals surface area contributed by atoms with Crippen molar-refractivity contribution in [3.8, 4) is 5.69 Å². The molecule has 0 radical (unpaired) electrons. The zero-order valence-electron chi connectivity index (χ0n) is 20.3. The predicted molar refractivity (Wildman–Crippen MR) is 154 cm³/mol. The molecule has 5 rings (SSSR count). The first-order chi connectivity index (χ1) is 18.3. The molecule has 0 aliphatic carbocycles. The number of benzene rings is 4. The van der Waals surface area contributed by atoms with Crippen LogP contribution in [-0.4, -0.2) is 20.4 Å². The smallest absolute Gasteiger partial charge is 0.266 e. The van der Waals surface area contributed by atoms with Crippen LogP contribution in [0.25, 0.3) is 16.6 Å². The molecule has 5 aromatic rings. The Kier molecular flexibility index (Phi) is 7.52. The molecular weight excluding hydrogens is 541 g/mol. The highest BCUT2D eigenvalue weighted by molar-refractivity contribution is 6.42. The second-order valence-electron chi connectivity index (χ2n) is 8.80. The summed E-state index contributed by atoms with van der Waals surface area (Å²) >= 11 is 18.9. The molecule has 38 heavy (non-hydrogen) atoms. The number of hydrogen-bond donors (Lipinski definition) is 0. The summed E-state index contributed by atoms with van der Waals surface area (Å²) in [7, 11) is 0. The Morgan fingerprint density at radius 1 is 0.842 bits per heavy atom. The summed E-state index contributed by atoms with van der Waals surface area (Å²) in [5, 5.41) is 1.48. The molecule has 1 amide bonds. The molecule has 0 fully saturated rings. The van der Waals surface area contributed by atoms with E-state index in [0.717, 1.165) is 5.56 Å². The molecule has 5 nitrogen and oxygen atoms in total. The van der Waals surface area contributed by atoms with Crippen molar-refractivity contribution < 1.29 is 4.79 Å². The van der Waals surface area contributed by atoms with Crippen LogP contribution in [0.5, 0.6) is 0 Å². The van der Waals surface area contributed by atoms with Crippen molar-refractivity contribution in [3.63, 3.8) is 0 Å². The molecular formula is C30H22Cl3N3O2. The first kappa shape index (κ1) is 26.0. The molecule has 1 unspecified atom stereocenters. The van der Waals surface area contributed by atoms with Crippen LogP contribution in [-0.2, 0) is 6.54 Å². The van der Waals surface area contributed by atoms with Crippen molar-refractivity contribution in [3.05, 3.63) is 139 Å². The van der Waals surface area contributed by atoms with Crippen molar-refractivity contribution in [2.75, 3.05) is 0 Å². The highest BCUT2D eigenvalue weighted by Gasteiger charge is 2.28. The molecule has 190 valence electrons. The summed E-state index contributed by atoms with van der Waals surface area (Å²) in [6.45, 7) is 2.12. The van der Waals surface area contributed by atoms with Gasteiger partial charge in [-0.25, -0.2) is 4.98 Å². The van der Waals surface area contributed by atoms with Crippen molar-refractivity contribution in [1.82, 2.24) is 14.5 Å². The van der Waals surface area contributed by atoms with E-state index in [2.05, 4.69) is 0 Å². The Labute approximate surface area is 234 Å². The monoisotopic (exact) mass is 561 g/mol. The highest BCUT2D eigenvalue weighted by atomic mass is 35.5. The van der Waals surface area contributed by atoms with Gasteiger partial charge in [-0.15, -0.1) is 0 Å². The van der Waals surface area contributed by atoms with Gasteiger partial charge in [0.05, 0.1) is 37.7 Å². The SMILES string of the molecule is CC(c1nc2ccccc2c(=O)n1-c1ccccc1Cl)N(Cc1ccccc1)C(=O)c1ccc(Cl)c(Cl)c1. The van der Waals surface area contributed by atoms with E-state index in [9.17, 15) is 9.59 Å². The summed E-state index contributed by atoms with van der Waals surface area (Å²) in [6, 6.07) is 28.0. The zero-order valence-corrected chi connectivity index (χ0v) is 22.6. The summed E-state index contributed by atoms with van der Waals surface area (Å²) < 4.78 is 1.50. The molecule has 0 aliphatic heterocycles. The lowest BCUT2D eigenvalue weighted by Crippen LogP contribution is -2.37. The molecule has 0 spiro atoms. The van der Waals surface area contributed by atoms with Crippen molar-refractivity contribution in [2.24, 2.45) is 0 Å². The Bertz CT molecular complexity index is 1700. The summed E-state index contributed by atoms with van der Waals surface area (Å²) in [6.07, 6.45) is 0. The summed E-state index contributed by atoms with van der Waals surface area (Å²) in [4.78, 5) is 34.4. The maximum atomic E-state index is 14.0. The normalized spacial score (nSPS) is 11.9. The Morgan fingerprint density at radius 2 is 1.53 bits per heavy atom. The molecule has 0 bridgehead atoms. The third-order valence-corrected chi connectivity index (χ3v) is 7.42. The van der Waals surface area contributed by atoms with Gasteiger partial charge in [0.2, 0.25) is 0 Å². The lowest BCUT2D eigenvalue weighted by atomic mass is 10.1. The zero-order chi connectivity index (χ0) is 26.8. The van der Waals surface area contributed by atoms with Crippen LogP contribution >= 0.6 is 34.8 Å². The molecule has 0 saturated carbocycles. The van der Waals surface area contributed by atoms with E-state index in [0.29, 0.717) is 38.0 Å². The number of aromatic nitrogens is 2. The fourth-order valence-electron chi connectivity index (χ4n) is 4.40. The number of nitrogens with zero attached hydrogens (tertiary/aromatic N) is 3. The maximum Gasteiger partial charge on any atom is 0.266 e. The van der Waals surface area contributed by atoms with Crippen LogP contribution in [0.2, 0.25) is 15.1 Å². The molecule has 8 heteroatoms. The molecule has 0 saturated heterocycles. The molecule has 0 N–H and O–H groups in total. The first-order valence-corrected chi connectivity index (χ1v) is 13.0. The van der Waals surface area contributed by atoms with Gasteiger partial charge in [0.25, 0.3) is 11.5 Å². The van der Waals surface area contributed by atoms with Crippen LogP contribution in [0.4, 0.5) is 0 Å². The molecule has 1 aromatic heterocycles. The van der Waals surface area contributed by atoms with Gasteiger partial charge in [0.1, 0.15) is 5.82 Å². The fraction of sp³-hybridized carbons (Fsp3) is 0.100. The van der Waals surface area contributed by atoms with E-state index in [-0.39, 0.29) is 23.0 Å². The third kappa shape index (κ3) is 5.05. The number of hydrogen-bond acceptors (Lipinski definition) is 3. The highest BCUT2D eigenvalue weighted by Crippen LogP contribution is 2.30. The number of para-hydroxylation sites is 2. The topological polar surface area (TPSA) is 55.2 Å². The van der Waals surface area contributed by atoms with Gasteiger partial charge in [-0.3, -0.25) is 14.2 Å². The van der Waals surface area contributed by atoms with E-state index >= 15 is 0 Å². The van der Waals surface area contributed by atoms with Crippen molar-refractivity contribution in [2.45, 2.75) is 19.5 Å². The van der Waals surface area contributed by atoms with E-state index in [1.807, 2.05) is 43.3 Å². The minimum atomic E-state index is -0.634. The minimum Gasteiger partial charge on any atom is -0.324 e. The van der Waals surface area contributed by atoms with Gasteiger partial charge in [-0.1, -0.05) is 89.4 Å². The molecule has 1 heterocycles. The summed E-state index contributed by atoms with van der Waals surface area (Å²) in [5.41, 5.74) is 2.03. The number of carbonyl (C=O) groups excluding carboxylic acids is 1. The third-order valence-electron chi connectivity index (χ3n) is 6.36. The second-order valence-corrected chi connectivity index (χ2v) is 10.0. The van der Waals surface area contributed by atoms with Crippen LogP contribution in [0.15, 0.2) is 102 Å². The van der Waals surface area contributed by atoms with Crippen LogP contribution in [0.1, 0.15) is 34.7 Å². The fourth-order valence-corrected chi connectivity index (χ4v) is 4.91. The second kappa shape index (κ2) is 11.0. The maximum absolute atomic E-state index is 14.0. The van der Waals surface area contributed by atoms with Crippen LogP contribution < -0.4 is 5.56 Å². The number of rotatable bonds is 6. The van der Waals surface area contributed by atoms with E-state index in [4.69, 9.17) is 39.8 Å². The number of amides is 1. The Morgan fingerprint density at radius 3 is 2.26 bits per heavy atom. The molecule has 1 atom stereocenters. The number of fused-ring (bicyclic) bond motifs is 1. The van der Waals surface area contributed by atoms with E-state index in [1.54, 1.807) is 65.6 Å². The minimum absolute atomic E-state index is 0.270. The first-order valence-electron chi connectivity index (χ1n) is 11.9. The molecule has 0 aliphatic rings. The predicted octanol–water partition coefficient (Wildman–Crippen LogP) is 7.75.